The van der Waals surface area contributed by atoms with Crippen LogP contribution >= 0.6 is 0 Å². The third-order valence-electron chi connectivity index (χ3n) is 7.43. The maximum atomic E-state index is 5.03. The molecule has 1 aliphatic heterocycles. The van der Waals surface area contributed by atoms with Crippen LogP contribution in [0.2, 0.25) is 0 Å². The van der Waals surface area contributed by atoms with Crippen LogP contribution in [0.4, 0.5) is 0 Å². The molecule has 3 aromatic heterocycles. The van der Waals surface area contributed by atoms with Gasteiger partial charge < -0.3 is 0 Å². The molecule has 7 aromatic rings. The van der Waals surface area contributed by atoms with Crippen molar-refractivity contribution in [1.82, 2.24) is 19.5 Å². The van der Waals surface area contributed by atoms with E-state index in [1.54, 1.807) is 0 Å². The summed E-state index contributed by atoms with van der Waals surface area (Å²) in [5.74, 6) is 0.820. The zero-order valence-electron chi connectivity index (χ0n) is 19.3. The van der Waals surface area contributed by atoms with Crippen LogP contribution in [-0.4, -0.2) is 26.2 Å². The maximum absolute atomic E-state index is 5.03. The van der Waals surface area contributed by atoms with Gasteiger partial charge in [-0.1, -0.05) is 83.7 Å². The van der Waals surface area contributed by atoms with Crippen LogP contribution in [0.25, 0.3) is 49.7 Å². The molecular formula is C31H19BN4. The van der Waals surface area contributed by atoms with E-state index in [9.17, 15) is 0 Å². The van der Waals surface area contributed by atoms with Crippen LogP contribution < -0.4 is 16.5 Å². The van der Waals surface area contributed by atoms with Crippen molar-refractivity contribution in [2.24, 2.45) is 0 Å². The first kappa shape index (κ1) is 19.5. The first-order valence-electron chi connectivity index (χ1n) is 12.2. The number of hydrogen-bond donors (Lipinski definition) is 0. The SMILES string of the molecule is c1ccc2c(c1)B(c1cnc(-n3c4ccccc4c4ccccc43)cn1)c1cccc3nccc-2c13. The highest BCUT2D eigenvalue weighted by atomic mass is 15.1. The summed E-state index contributed by atoms with van der Waals surface area (Å²) in [5.41, 5.74) is 9.17. The summed E-state index contributed by atoms with van der Waals surface area (Å²) in [6.07, 6.45) is 5.76. The lowest BCUT2D eigenvalue weighted by atomic mass is 9.35. The lowest BCUT2D eigenvalue weighted by Crippen LogP contribution is -2.56. The molecule has 0 atom stereocenters. The van der Waals surface area contributed by atoms with Gasteiger partial charge in [0.15, 0.2) is 5.82 Å². The summed E-state index contributed by atoms with van der Waals surface area (Å²) >= 11 is 0. The predicted molar refractivity (Wildman–Crippen MR) is 148 cm³/mol. The highest BCUT2D eigenvalue weighted by Crippen LogP contribution is 2.31. The Kier molecular flexibility index (Phi) is 4.00. The predicted octanol–water partition coefficient (Wildman–Crippen LogP) is 4.62. The van der Waals surface area contributed by atoms with Gasteiger partial charge in [0.25, 0.3) is 6.71 Å². The summed E-state index contributed by atoms with van der Waals surface area (Å²) in [4.78, 5) is 14.7. The fourth-order valence-corrected chi connectivity index (χ4v) is 5.94. The Morgan fingerprint density at radius 2 is 1.28 bits per heavy atom. The second kappa shape index (κ2) is 7.36. The van der Waals surface area contributed by atoms with E-state index < -0.39 is 0 Å². The smallest absolute Gasteiger partial charge is 0.268 e. The van der Waals surface area contributed by atoms with E-state index in [1.165, 1.54) is 38.2 Å². The number of fused-ring (bicyclic) bond motifs is 5. The van der Waals surface area contributed by atoms with Crippen LogP contribution in [0, 0.1) is 0 Å². The van der Waals surface area contributed by atoms with Crippen LogP contribution in [-0.2, 0) is 0 Å². The van der Waals surface area contributed by atoms with Crippen molar-refractivity contribution >= 4 is 55.9 Å². The van der Waals surface area contributed by atoms with E-state index >= 15 is 0 Å². The van der Waals surface area contributed by atoms with Crippen molar-refractivity contribution in [2.45, 2.75) is 0 Å². The largest absolute Gasteiger partial charge is 0.293 e. The average Bonchev–Trinajstić information content (AvgIpc) is 3.28. The second-order valence-electron chi connectivity index (χ2n) is 9.29. The van der Waals surface area contributed by atoms with Crippen molar-refractivity contribution in [1.29, 1.82) is 0 Å². The van der Waals surface area contributed by atoms with Gasteiger partial charge in [-0.05, 0) is 35.4 Å². The minimum atomic E-state index is 0.00120. The molecule has 8 rings (SSSR count). The van der Waals surface area contributed by atoms with E-state index in [2.05, 4.69) is 107 Å². The molecule has 0 bridgehead atoms. The Morgan fingerprint density at radius 1 is 0.556 bits per heavy atom. The molecule has 0 amide bonds. The number of rotatable bonds is 2. The quantitative estimate of drug-likeness (QED) is 0.355. The second-order valence-corrected chi connectivity index (χ2v) is 9.29. The molecule has 1 aliphatic rings. The Hall–Kier alpha value is -4.77. The summed E-state index contributed by atoms with van der Waals surface area (Å²) in [6.45, 7) is 0.00120. The first-order valence-corrected chi connectivity index (χ1v) is 12.2. The number of para-hydroxylation sites is 2. The summed E-state index contributed by atoms with van der Waals surface area (Å²) in [7, 11) is 0. The molecule has 4 nitrogen and oxygen atoms in total. The molecule has 0 unspecified atom stereocenters. The molecule has 0 N–H and O–H groups in total. The fraction of sp³-hybridized carbons (Fsp3) is 0. The van der Waals surface area contributed by atoms with Gasteiger partial charge in [0.05, 0.1) is 22.7 Å². The molecule has 0 saturated carbocycles. The minimum Gasteiger partial charge on any atom is -0.293 e. The molecule has 4 aromatic carbocycles. The maximum Gasteiger partial charge on any atom is 0.268 e. The standard InChI is InChI=1S/C31H19BN4/c1-4-11-24-20(8-1)23-16-17-33-26-13-7-12-25(31(23)26)32(24)29-18-35-30(19-34-29)36-27-14-5-2-9-21(27)22-10-3-6-15-28(22)36/h1-19H. The van der Waals surface area contributed by atoms with Crippen LogP contribution in [0.5, 0.6) is 0 Å². The minimum absolute atomic E-state index is 0.00120. The third kappa shape index (κ3) is 2.62. The summed E-state index contributed by atoms with van der Waals surface area (Å²) < 4.78 is 2.20. The monoisotopic (exact) mass is 458 g/mol. The lowest BCUT2D eigenvalue weighted by Gasteiger charge is -2.26. The molecule has 4 heterocycles. The van der Waals surface area contributed by atoms with E-state index in [1.807, 2.05) is 18.6 Å². The van der Waals surface area contributed by atoms with E-state index in [0.29, 0.717) is 0 Å². The van der Waals surface area contributed by atoms with Gasteiger partial charge in [0.2, 0.25) is 0 Å². The zero-order valence-corrected chi connectivity index (χ0v) is 19.3. The third-order valence-corrected chi connectivity index (χ3v) is 7.43. The van der Waals surface area contributed by atoms with Gasteiger partial charge in [-0.2, -0.15) is 0 Å². The molecule has 166 valence electrons. The normalized spacial score (nSPS) is 12.4. The highest BCUT2D eigenvalue weighted by molar-refractivity contribution is 6.98. The molecule has 36 heavy (non-hydrogen) atoms. The van der Waals surface area contributed by atoms with Gasteiger partial charge in [-0.15, -0.1) is 0 Å². The Balaban J connectivity index is 1.34. The topological polar surface area (TPSA) is 43.6 Å². The number of nitrogens with zero attached hydrogens (tertiary/aromatic N) is 4. The number of benzene rings is 4. The van der Waals surface area contributed by atoms with Crippen LogP contribution in [0.1, 0.15) is 0 Å². The summed E-state index contributed by atoms with van der Waals surface area (Å²) in [5, 5.41) is 3.64. The van der Waals surface area contributed by atoms with Gasteiger partial charge in [-0.25, -0.2) is 4.98 Å². The molecule has 0 radical (unpaired) electrons. The Labute approximate surface area is 208 Å². The molecular weight excluding hydrogens is 439 g/mol. The van der Waals surface area contributed by atoms with Gasteiger partial charge in [0.1, 0.15) is 0 Å². The van der Waals surface area contributed by atoms with E-state index in [-0.39, 0.29) is 6.71 Å². The highest BCUT2D eigenvalue weighted by Gasteiger charge is 2.33. The fourth-order valence-electron chi connectivity index (χ4n) is 5.94. The van der Waals surface area contributed by atoms with Crippen molar-refractivity contribution in [2.75, 3.05) is 0 Å². The van der Waals surface area contributed by atoms with Crippen LogP contribution in [0.15, 0.2) is 116 Å². The van der Waals surface area contributed by atoms with Gasteiger partial charge >= 0.3 is 0 Å². The van der Waals surface area contributed by atoms with Crippen molar-refractivity contribution in [3.63, 3.8) is 0 Å². The van der Waals surface area contributed by atoms with Crippen LogP contribution in [0.3, 0.4) is 0 Å². The van der Waals surface area contributed by atoms with Gasteiger partial charge in [-0.3, -0.25) is 14.5 Å². The molecule has 0 saturated heterocycles. The number of hydrogen-bond acceptors (Lipinski definition) is 3. The molecule has 0 spiro atoms. The molecule has 0 aliphatic carbocycles. The number of pyridine rings is 1. The van der Waals surface area contributed by atoms with Crippen molar-refractivity contribution in [3.8, 4) is 16.9 Å². The van der Waals surface area contributed by atoms with Crippen molar-refractivity contribution in [3.05, 3.63) is 116 Å². The van der Waals surface area contributed by atoms with E-state index in [4.69, 9.17) is 9.97 Å². The molecule has 0 fully saturated rings. The van der Waals surface area contributed by atoms with Crippen molar-refractivity contribution < 1.29 is 0 Å². The summed E-state index contributed by atoms with van der Waals surface area (Å²) in [6, 6.07) is 34.1. The van der Waals surface area contributed by atoms with E-state index in [0.717, 1.165) is 28.0 Å². The first-order chi connectivity index (χ1) is 17.9. The number of aromatic nitrogens is 4. The average molecular weight is 458 g/mol. The van der Waals surface area contributed by atoms with Gasteiger partial charge in [0, 0.05) is 34.1 Å². The Bertz CT molecular complexity index is 1900. The Morgan fingerprint density at radius 3 is 2.06 bits per heavy atom. The lowest BCUT2D eigenvalue weighted by molar-refractivity contribution is 1.05. The molecule has 5 heteroatoms. The zero-order chi connectivity index (χ0) is 23.6.